The highest BCUT2D eigenvalue weighted by Crippen LogP contribution is 2.30. The first-order valence-electron chi connectivity index (χ1n) is 5.90. The summed E-state index contributed by atoms with van der Waals surface area (Å²) in [6, 6.07) is 5.63. The van der Waals surface area contributed by atoms with E-state index in [4.69, 9.17) is 20.3 Å². The van der Waals surface area contributed by atoms with Crippen LogP contribution in [0.3, 0.4) is 0 Å². The number of aliphatic hydroxyl groups is 1. The molecule has 0 saturated carbocycles. The lowest BCUT2D eigenvalue weighted by molar-refractivity contribution is 0.279. The number of aliphatic hydroxyl groups excluding tert-OH is 1. The van der Waals surface area contributed by atoms with Crippen LogP contribution >= 0.6 is 0 Å². The van der Waals surface area contributed by atoms with Gasteiger partial charge in [0.1, 0.15) is 0 Å². The van der Waals surface area contributed by atoms with Crippen LogP contribution in [0, 0.1) is 0 Å². The molecule has 1 aromatic rings. The van der Waals surface area contributed by atoms with Gasteiger partial charge < -0.3 is 20.3 Å². The molecule has 0 amide bonds. The highest BCUT2D eigenvalue weighted by molar-refractivity contribution is 5.43. The summed E-state index contributed by atoms with van der Waals surface area (Å²) in [4.78, 5) is 0. The number of ether oxygens (including phenoxy) is 2. The molecular formula is C13H21NO3. The smallest absolute Gasteiger partial charge is 0.161 e. The Balaban J connectivity index is 2.80. The Morgan fingerprint density at radius 1 is 1.35 bits per heavy atom. The average molecular weight is 239 g/mol. The van der Waals surface area contributed by atoms with Crippen molar-refractivity contribution in [2.45, 2.75) is 25.8 Å². The highest BCUT2D eigenvalue weighted by atomic mass is 16.5. The van der Waals surface area contributed by atoms with E-state index in [0.717, 1.165) is 17.7 Å². The molecule has 0 unspecified atom stereocenters. The van der Waals surface area contributed by atoms with Crippen LogP contribution in [0.1, 0.15) is 31.4 Å². The van der Waals surface area contributed by atoms with Gasteiger partial charge in [-0.3, -0.25) is 0 Å². The Bertz CT molecular complexity index is 341. The van der Waals surface area contributed by atoms with Gasteiger partial charge in [0.15, 0.2) is 11.5 Å². The van der Waals surface area contributed by atoms with Gasteiger partial charge >= 0.3 is 0 Å². The lowest BCUT2D eigenvalue weighted by Crippen LogP contribution is -2.11. The minimum Gasteiger partial charge on any atom is -0.493 e. The molecule has 0 radical (unpaired) electrons. The first kappa shape index (κ1) is 13.8. The predicted octanol–water partition coefficient (Wildman–Crippen LogP) is 1.87. The first-order chi connectivity index (χ1) is 8.22. The van der Waals surface area contributed by atoms with E-state index in [-0.39, 0.29) is 12.6 Å². The molecule has 1 rings (SSSR count). The molecule has 0 bridgehead atoms. The molecule has 1 atom stereocenters. The lowest BCUT2D eigenvalue weighted by atomic mass is 10.0. The molecule has 4 nitrogen and oxygen atoms in total. The monoisotopic (exact) mass is 239 g/mol. The van der Waals surface area contributed by atoms with E-state index < -0.39 is 0 Å². The zero-order chi connectivity index (χ0) is 12.7. The molecule has 0 aromatic heterocycles. The second-order valence-electron chi connectivity index (χ2n) is 3.82. The van der Waals surface area contributed by atoms with Crippen LogP contribution in [0.5, 0.6) is 11.5 Å². The molecular weight excluding hydrogens is 218 g/mol. The fourth-order valence-electron chi connectivity index (χ4n) is 1.67. The van der Waals surface area contributed by atoms with E-state index in [1.54, 1.807) is 7.11 Å². The van der Waals surface area contributed by atoms with Gasteiger partial charge in [0, 0.05) is 12.6 Å². The molecule has 96 valence electrons. The van der Waals surface area contributed by atoms with Crippen LogP contribution in [0.2, 0.25) is 0 Å². The third-order valence-electron chi connectivity index (χ3n) is 2.59. The largest absolute Gasteiger partial charge is 0.493 e. The van der Waals surface area contributed by atoms with Crippen molar-refractivity contribution in [1.29, 1.82) is 0 Å². The zero-order valence-electron chi connectivity index (χ0n) is 10.5. The van der Waals surface area contributed by atoms with Crippen molar-refractivity contribution in [3.05, 3.63) is 23.8 Å². The number of rotatable bonds is 7. The van der Waals surface area contributed by atoms with Crippen LogP contribution in [-0.2, 0) is 0 Å². The summed E-state index contributed by atoms with van der Waals surface area (Å²) >= 11 is 0. The maximum atomic E-state index is 8.78. The summed E-state index contributed by atoms with van der Waals surface area (Å²) in [5.74, 6) is 1.43. The van der Waals surface area contributed by atoms with Crippen molar-refractivity contribution in [2.24, 2.45) is 5.73 Å². The number of methoxy groups -OCH3 is 1. The molecule has 0 aliphatic heterocycles. The van der Waals surface area contributed by atoms with Gasteiger partial charge in [0.05, 0.1) is 13.7 Å². The van der Waals surface area contributed by atoms with Crippen LogP contribution < -0.4 is 15.2 Å². The van der Waals surface area contributed by atoms with Crippen molar-refractivity contribution < 1.29 is 14.6 Å². The van der Waals surface area contributed by atoms with Crippen molar-refractivity contribution >= 4 is 0 Å². The summed E-state index contributed by atoms with van der Waals surface area (Å²) in [5.41, 5.74) is 7.02. The molecule has 0 saturated heterocycles. The van der Waals surface area contributed by atoms with Gasteiger partial charge in [-0.25, -0.2) is 0 Å². The van der Waals surface area contributed by atoms with Crippen LogP contribution in [-0.4, -0.2) is 25.4 Å². The Labute approximate surface area is 102 Å². The van der Waals surface area contributed by atoms with Crippen molar-refractivity contribution in [3.63, 3.8) is 0 Å². The van der Waals surface area contributed by atoms with E-state index in [1.165, 1.54) is 0 Å². The summed E-state index contributed by atoms with van der Waals surface area (Å²) in [5, 5.41) is 8.78. The van der Waals surface area contributed by atoms with E-state index in [9.17, 15) is 0 Å². The minimum absolute atomic E-state index is 0.0771. The molecule has 17 heavy (non-hydrogen) atoms. The third kappa shape index (κ3) is 3.91. The van der Waals surface area contributed by atoms with Crippen LogP contribution in [0.25, 0.3) is 0 Å². The molecule has 3 N–H and O–H groups in total. The maximum Gasteiger partial charge on any atom is 0.161 e. The second kappa shape index (κ2) is 7.14. The van der Waals surface area contributed by atoms with Crippen molar-refractivity contribution in [3.8, 4) is 11.5 Å². The first-order valence-corrected chi connectivity index (χ1v) is 5.90. The maximum absolute atomic E-state index is 8.78. The number of hydrogen-bond acceptors (Lipinski definition) is 4. The molecule has 4 heteroatoms. The van der Waals surface area contributed by atoms with Gasteiger partial charge in [-0.1, -0.05) is 6.07 Å². The fourth-order valence-corrected chi connectivity index (χ4v) is 1.67. The number of benzene rings is 1. The lowest BCUT2D eigenvalue weighted by Gasteiger charge is -2.15. The second-order valence-corrected chi connectivity index (χ2v) is 3.82. The molecule has 0 fully saturated rings. The number of nitrogens with two attached hydrogens (primary N) is 1. The Hall–Kier alpha value is -1.26. The topological polar surface area (TPSA) is 64.7 Å². The molecule has 0 aliphatic rings. The molecule has 1 aromatic carbocycles. The van der Waals surface area contributed by atoms with Gasteiger partial charge in [0.2, 0.25) is 0 Å². The van der Waals surface area contributed by atoms with E-state index >= 15 is 0 Å². The Kier molecular flexibility index (Phi) is 5.80. The van der Waals surface area contributed by atoms with Gasteiger partial charge in [0.25, 0.3) is 0 Å². The van der Waals surface area contributed by atoms with Crippen LogP contribution in [0.4, 0.5) is 0 Å². The van der Waals surface area contributed by atoms with E-state index in [2.05, 4.69) is 0 Å². The molecule has 0 heterocycles. The zero-order valence-corrected chi connectivity index (χ0v) is 10.5. The minimum atomic E-state index is -0.0771. The summed E-state index contributed by atoms with van der Waals surface area (Å²) in [7, 11) is 1.61. The van der Waals surface area contributed by atoms with Gasteiger partial charge in [-0.15, -0.1) is 0 Å². The quantitative estimate of drug-likeness (QED) is 0.762. The standard InChI is InChI=1S/C13H21NO3/c1-3-17-12-7-6-10(9-13(12)16-2)11(14)5-4-8-15/h6-7,9,11,15H,3-5,8,14H2,1-2H3/t11-/m1/s1. The molecule has 0 aliphatic carbocycles. The Morgan fingerprint density at radius 3 is 2.71 bits per heavy atom. The van der Waals surface area contributed by atoms with Crippen molar-refractivity contribution in [2.75, 3.05) is 20.3 Å². The van der Waals surface area contributed by atoms with Gasteiger partial charge in [-0.05, 0) is 37.5 Å². The molecule has 0 spiro atoms. The number of hydrogen-bond donors (Lipinski definition) is 2. The SMILES string of the molecule is CCOc1ccc([C@H](N)CCCO)cc1OC. The van der Waals surface area contributed by atoms with Crippen LogP contribution in [0.15, 0.2) is 18.2 Å². The predicted molar refractivity (Wildman–Crippen MR) is 67.4 cm³/mol. The van der Waals surface area contributed by atoms with E-state index in [1.807, 2.05) is 25.1 Å². The third-order valence-corrected chi connectivity index (χ3v) is 2.59. The Morgan fingerprint density at radius 2 is 2.12 bits per heavy atom. The highest BCUT2D eigenvalue weighted by Gasteiger charge is 2.10. The summed E-state index contributed by atoms with van der Waals surface area (Å²) < 4.78 is 10.7. The van der Waals surface area contributed by atoms with E-state index in [0.29, 0.717) is 18.8 Å². The van der Waals surface area contributed by atoms with Gasteiger partial charge in [-0.2, -0.15) is 0 Å². The summed E-state index contributed by atoms with van der Waals surface area (Å²) in [6.45, 7) is 2.70. The van der Waals surface area contributed by atoms with Crippen molar-refractivity contribution in [1.82, 2.24) is 0 Å². The normalized spacial score (nSPS) is 12.2. The average Bonchev–Trinajstić information content (AvgIpc) is 2.36. The fraction of sp³-hybridized carbons (Fsp3) is 0.538. The summed E-state index contributed by atoms with van der Waals surface area (Å²) in [6.07, 6.45) is 1.46.